The van der Waals surface area contributed by atoms with Crippen LogP contribution in [0.25, 0.3) is 0 Å². The van der Waals surface area contributed by atoms with Gasteiger partial charge in [0.15, 0.2) is 6.29 Å². The number of benzene rings is 1. The quantitative estimate of drug-likeness (QED) is 0.0204. The Morgan fingerprint density at radius 1 is 0.576 bits per heavy atom. The van der Waals surface area contributed by atoms with Gasteiger partial charge in [-0.1, -0.05) is 83.4 Å². The number of unbranched alkanes of at least 4 members (excludes halogenated alkanes) is 9. The van der Waals surface area contributed by atoms with Crippen molar-refractivity contribution in [3.05, 3.63) is 71.3 Å². The molecular formula is C54H87NO11. The van der Waals surface area contributed by atoms with Crippen molar-refractivity contribution >= 4 is 24.1 Å². The van der Waals surface area contributed by atoms with E-state index in [0.29, 0.717) is 75.2 Å². The number of carbonyl (C=O) groups excluding carboxylic acids is 4. The zero-order valence-electron chi connectivity index (χ0n) is 41.4. The second-order valence-corrected chi connectivity index (χ2v) is 17.2. The molecule has 1 saturated heterocycles. The number of carbonyl (C=O) groups is 4. The van der Waals surface area contributed by atoms with Crippen molar-refractivity contribution in [2.75, 3.05) is 46.1 Å². The van der Waals surface area contributed by atoms with E-state index >= 15 is 0 Å². The topological polar surface area (TPSA) is 136 Å². The molecule has 12 nitrogen and oxygen atoms in total. The average Bonchev–Trinajstić information content (AvgIpc) is 3.32. The first-order valence-electron chi connectivity index (χ1n) is 25.5. The van der Waals surface area contributed by atoms with Crippen LogP contribution in [0.5, 0.6) is 0 Å². The maximum Gasteiger partial charge on any atom is 0.508 e. The van der Waals surface area contributed by atoms with Crippen LogP contribution in [0.2, 0.25) is 0 Å². The molecule has 1 atom stereocenters. The normalized spacial score (nSPS) is 14.4. The largest absolute Gasteiger partial charge is 0.508 e. The van der Waals surface area contributed by atoms with E-state index in [-0.39, 0.29) is 56.5 Å². The number of piperidine rings is 1. The molecule has 66 heavy (non-hydrogen) atoms. The highest BCUT2D eigenvalue weighted by molar-refractivity contribution is 5.70. The van der Waals surface area contributed by atoms with Gasteiger partial charge in [0.1, 0.15) is 19.8 Å². The lowest BCUT2D eigenvalue weighted by Gasteiger charge is -2.31. The summed E-state index contributed by atoms with van der Waals surface area (Å²) < 4.78 is 39.8. The Morgan fingerprint density at radius 2 is 1.11 bits per heavy atom. The van der Waals surface area contributed by atoms with Crippen LogP contribution in [-0.4, -0.2) is 81.3 Å². The van der Waals surface area contributed by atoms with Crippen molar-refractivity contribution in [3.8, 4) is 0 Å². The third kappa shape index (κ3) is 31.8. The van der Waals surface area contributed by atoms with Gasteiger partial charge < -0.3 is 38.1 Å². The van der Waals surface area contributed by atoms with Crippen molar-refractivity contribution in [1.82, 2.24) is 4.90 Å². The Labute approximate surface area is 398 Å². The Bertz CT molecular complexity index is 1500. The summed E-state index contributed by atoms with van der Waals surface area (Å²) in [6, 6.07) is 5.43. The molecule has 1 fully saturated rings. The Balaban J connectivity index is 1.92. The van der Waals surface area contributed by atoms with Gasteiger partial charge >= 0.3 is 24.1 Å². The lowest BCUT2D eigenvalue weighted by Crippen LogP contribution is -2.37. The Kier molecular flexibility index (Phi) is 35.3. The van der Waals surface area contributed by atoms with Gasteiger partial charge in [0.25, 0.3) is 0 Å². The second-order valence-electron chi connectivity index (χ2n) is 17.2. The van der Waals surface area contributed by atoms with Crippen molar-refractivity contribution in [2.45, 2.75) is 195 Å². The van der Waals surface area contributed by atoms with E-state index in [1.54, 1.807) is 6.07 Å². The third-order valence-electron chi connectivity index (χ3n) is 11.2. The van der Waals surface area contributed by atoms with Crippen LogP contribution >= 0.6 is 0 Å². The summed E-state index contributed by atoms with van der Waals surface area (Å²) in [5.74, 6) is -0.688. The number of allylic oxidation sites excluding steroid dienone is 5. The van der Waals surface area contributed by atoms with Gasteiger partial charge in [-0.3, -0.25) is 14.4 Å². The van der Waals surface area contributed by atoms with E-state index < -0.39 is 12.4 Å². The zero-order valence-corrected chi connectivity index (χ0v) is 41.4. The van der Waals surface area contributed by atoms with Gasteiger partial charge in [-0.25, -0.2) is 4.79 Å². The summed E-state index contributed by atoms with van der Waals surface area (Å²) in [7, 11) is 0. The summed E-state index contributed by atoms with van der Waals surface area (Å²) >= 11 is 0. The molecule has 1 aromatic carbocycles. The highest BCUT2D eigenvalue weighted by Crippen LogP contribution is 2.19. The van der Waals surface area contributed by atoms with Crippen LogP contribution in [0.1, 0.15) is 186 Å². The summed E-state index contributed by atoms with van der Waals surface area (Å²) in [5, 5.41) is 0. The fourth-order valence-electron chi connectivity index (χ4n) is 7.46. The lowest BCUT2D eigenvalue weighted by molar-refractivity contribution is -0.160. The molecule has 1 heterocycles. The highest BCUT2D eigenvalue weighted by atomic mass is 16.7. The smallest absolute Gasteiger partial charge is 0.465 e. The molecule has 0 aromatic heterocycles. The van der Waals surface area contributed by atoms with Crippen LogP contribution in [0.3, 0.4) is 0 Å². The molecule has 1 aliphatic heterocycles. The first-order valence-corrected chi connectivity index (χ1v) is 25.5. The van der Waals surface area contributed by atoms with Gasteiger partial charge in [0.05, 0.1) is 19.6 Å². The number of hydrogen-bond donors (Lipinski definition) is 0. The SMILES string of the molecule is CC/C=C\CCCCOC(CCC(=O)OCc1cc(COC(=O)CCCCCC(=O)OCC/C=C\CCCCC)cc(COC(=O)OCC2CCCN(CC)C2)c1)OCCCC/C=C\CC. The number of esters is 3. The zero-order chi connectivity index (χ0) is 47.7. The summed E-state index contributed by atoms with van der Waals surface area (Å²) in [5.41, 5.74) is 1.98. The minimum Gasteiger partial charge on any atom is -0.465 e. The van der Waals surface area contributed by atoms with Crippen LogP contribution in [-0.2, 0) is 67.4 Å². The summed E-state index contributed by atoms with van der Waals surface area (Å²) in [6.07, 6.45) is 30.1. The monoisotopic (exact) mass is 926 g/mol. The highest BCUT2D eigenvalue weighted by Gasteiger charge is 2.21. The molecule has 0 N–H and O–H groups in total. The molecule has 1 aromatic rings. The number of ether oxygens (including phenoxy) is 7. The molecular weight excluding hydrogens is 839 g/mol. The van der Waals surface area contributed by atoms with Crippen LogP contribution in [0.4, 0.5) is 4.79 Å². The van der Waals surface area contributed by atoms with Crippen LogP contribution in [0.15, 0.2) is 54.7 Å². The third-order valence-corrected chi connectivity index (χ3v) is 11.2. The number of likely N-dealkylation sites (tertiary alicyclic amines) is 1. The Hall–Kier alpha value is -4.00. The van der Waals surface area contributed by atoms with E-state index in [4.69, 9.17) is 33.2 Å². The van der Waals surface area contributed by atoms with Crippen LogP contribution < -0.4 is 0 Å². The van der Waals surface area contributed by atoms with Gasteiger partial charge in [0.2, 0.25) is 0 Å². The number of hydrogen-bond acceptors (Lipinski definition) is 12. The van der Waals surface area contributed by atoms with Crippen LogP contribution in [0, 0.1) is 5.92 Å². The first-order chi connectivity index (χ1) is 32.3. The lowest BCUT2D eigenvalue weighted by atomic mass is 9.99. The van der Waals surface area contributed by atoms with Crippen molar-refractivity contribution in [1.29, 1.82) is 0 Å². The van der Waals surface area contributed by atoms with E-state index in [0.717, 1.165) is 96.7 Å². The van der Waals surface area contributed by atoms with E-state index in [1.807, 2.05) is 12.1 Å². The molecule has 0 amide bonds. The van der Waals surface area contributed by atoms with Gasteiger partial charge in [-0.15, -0.1) is 0 Å². The fraction of sp³-hybridized carbons (Fsp3) is 0.704. The first kappa shape index (κ1) is 58.1. The number of rotatable bonds is 39. The predicted octanol–water partition coefficient (Wildman–Crippen LogP) is 12.6. The Morgan fingerprint density at radius 3 is 1.68 bits per heavy atom. The van der Waals surface area contributed by atoms with E-state index in [9.17, 15) is 19.2 Å². The number of nitrogens with zero attached hydrogens (tertiary/aromatic N) is 1. The van der Waals surface area contributed by atoms with Crippen molar-refractivity contribution in [3.63, 3.8) is 0 Å². The summed E-state index contributed by atoms with van der Waals surface area (Å²) in [6.45, 7) is 13.2. The van der Waals surface area contributed by atoms with Gasteiger partial charge in [-0.05, 0) is 144 Å². The molecule has 0 saturated carbocycles. The maximum absolute atomic E-state index is 13.1. The molecule has 0 radical (unpaired) electrons. The molecule has 0 aliphatic carbocycles. The molecule has 1 aliphatic rings. The fourth-order valence-corrected chi connectivity index (χ4v) is 7.46. The van der Waals surface area contributed by atoms with Gasteiger partial charge in [-0.2, -0.15) is 0 Å². The predicted molar refractivity (Wildman–Crippen MR) is 260 cm³/mol. The molecule has 374 valence electrons. The molecule has 2 rings (SSSR count). The van der Waals surface area contributed by atoms with Gasteiger partial charge in [0, 0.05) is 44.9 Å². The van der Waals surface area contributed by atoms with E-state index in [1.165, 1.54) is 19.3 Å². The van der Waals surface area contributed by atoms with E-state index in [2.05, 4.69) is 69.1 Å². The minimum atomic E-state index is -0.743. The molecule has 0 bridgehead atoms. The standard InChI is InChI=1S/C54H87NO11/c1-5-9-12-15-18-21-25-35-60-50(56)30-23-22-24-31-51(57)63-43-47-38-48(40-49(39-47)45-66-54(59)65-42-46-29-28-34-55(8-4)41-46)44-64-52(58)32-33-53(61-36-26-19-16-13-10-6-2)62-37-27-20-17-14-11-7-3/h10-11,13-14,18,21,38-40,46,53H,5-9,12,15-17,19-20,22-37,41-45H2,1-4H3/b13-10-,14-11-,21-18-. The molecule has 1 unspecified atom stereocenters. The molecule has 0 spiro atoms. The van der Waals surface area contributed by atoms with Crippen molar-refractivity contribution < 1.29 is 52.3 Å². The average molecular weight is 926 g/mol. The second kappa shape index (κ2) is 40.1. The molecule has 12 heteroatoms. The van der Waals surface area contributed by atoms with Crippen molar-refractivity contribution in [2.24, 2.45) is 5.92 Å². The summed E-state index contributed by atoms with van der Waals surface area (Å²) in [4.78, 5) is 52.9. The minimum absolute atomic E-state index is 0.00676. The maximum atomic E-state index is 13.1.